The predicted molar refractivity (Wildman–Crippen MR) is 124 cm³/mol. The molecule has 31 heavy (non-hydrogen) atoms. The van der Waals surface area contributed by atoms with Gasteiger partial charge in [-0.15, -0.1) is 0 Å². The number of para-hydroxylation sites is 3. The van der Waals surface area contributed by atoms with Gasteiger partial charge in [-0.25, -0.2) is 9.38 Å². The first-order valence-corrected chi connectivity index (χ1v) is 10.9. The van der Waals surface area contributed by atoms with Crippen LogP contribution in [-0.4, -0.2) is 15.3 Å². The number of thiazole rings is 1. The molecule has 1 aliphatic rings. The number of carbonyl (C=O) groups excluding carboxylic acids is 1. The number of rotatable bonds is 2. The van der Waals surface area contributed by atoms with Crippen molar-refractivity contribution in [2.75, 3.05) is 4.90 Å². The molecule has 0 unspecified atom stereocenters. The number of imidazole rings is 1. The number of fused-ring (bicyclic) bond motifs is 4. The molecule has 0 N–H and O–H groups in total. The Morgan fingerprint density at radius 3 is 2.52 bits per heavy atom. The van der Waals surface area contributed by atoms with Gasteiger partial charge in [0, 0.05) is 10.6 Å². The molecule has 0 saturated heterocycles. The molecule has 3 aromatic carbocycles. The Bertz CT molecular complexity index is 1640. The summed E-state index contributed by atoms with van der Waals surface area (Å²) in [6, 6.07) is 22.5. The van der Waals surface area contributed by atoms with Crippen LogP contribution in [0, 0.1) is 0 Å². The number of aromatic nitrogens is 2. The summed E-state index contributed by atoms with van der Waals surface area (Å²) in [5.41, 5.74) is 4.10. The smallest absolute Gasteiger partial charge is 0.275 e. The van der Waals surface area contributed by atoms with E-state index in [0.717, 1.165) is 27.8 Å². The van der Waals surface area contributed by atoms with Gasteiger partial charge in [0.05, 0.1) is 28.8 Å². The number of halogens is 1. The fourth-order valence-electron chi connectivity index (χ4n) is 4.12. The molecule has 0 bridgehead atoms. The second-order valence-corrected chi connectivity index (χ2v) is 8.71. The first-order chi connectivity index (χ1) is 15.1. The van der Waals surface area contributed by atoms with Crippen molar-refractivity contribution in [3.8, 4) is 0 Å². The second kappa shape index (κ2) is 6.77. The minimum absolute atomic E-state index is 0.202. The van der Waals surface area contributed by atoms with Crippen LogP contribution < -0.4 is 15.0 Å². The maximum atomic E-state index is 13.6. The Morgan fingerprint density at radius 1 is 0.903 bits per heavy atom. The number of hydrogen-bond donors (Lipinski definition) is 0. The van der Waals surface area contributed by atoms with E-state index >= 15 is 0 Å². The van der Waals surface area contributed by atoms with Gasteiger partial charge in [-0.3, -0.25) is 9.59 Å². The topological polar surface area (TPSA) is 54.7 Å². The number of benzene rings is 3. The van der Waals surface area contributed by atoms with Crippen molar-refractivity contribution < 1.29 is 4.79 Å². The van der Waals surface area contributed by atoms with Gasteiger partial charge in [-0.1, -0.05) is 71.5 Å². The highest BCUT2D eigenvalue weighted by atomic mass is 35.5. The third-order valence-electron chi connectivity index (χ3n) is 5.56. The second-order valence-electron chi connectivity index (χ2n) is 7.33. The standard InChI is InChI=1S/C24H14ClN3O2S/c25-16-9-3-1-7-14(16)13-27-18-11-5-2-8-15(18)20(22(27)29)21-23(30)28-19-12-6-4-10-17(19)26-24(28)31-21/h1-12H,13H2. The minimum atomic E-state index is -0.216. The molecule has 5 nitrogen and oxygen atoms in total. The van der Waals surface area contributed by atoms with Crippen LogP contribution in [0.4, 0.5) is 5.69 Å². The van der Waals surface area contributed by atoms with Crippen LogP contribution >= 0.6 is 22.9 Å². The molecule has 1 amide bonds. The summed E-state index contributed by atoms with van der Waals surface area (Å²) in [5.74, 6) is -0.202. The highest BCUT2D eigenvalue weighted by Crippen LogP contribution is 2.37. The van der Waals surface area contributed by atoms with Gasteiger partial charge in [0.15, 0.2) is 4.96 Å². The highest BCUT2D eigenvalue weighted by molar-refractivity contribution is 7.15. The van der Waals surface area contributed by atoms with Crippen LogP contribution in [0.15, 0.2) is 77.6 Å². The third kappa shape index (κ3) is 2.65. The Labute approximate surface area is 185 Å². The molecule has 2 aromatic heterocycles. The Balaban J connectivity index is 1.60. The normalized spacial score (nSPS) is 15.3. The summed E-state index contributed by atoms with van der Waals surface area (Å²) >= 11 is 7.60. The van der Waals surface area contributed by atoms with Gasteiger partial charge in [0.25, 0.3) is 11.5 Å². The van der Waals surface area contributed by atoms with E-state index in [0.29, 0.717) is 26.6 Å². The maximum Gasteiger partial charge on any atom is 0.275 e. The van der Waals surface area contributed by atoms with E-state index in [9.17, 15) is 9.59 Å². The SMILES string of the molecule is O=C1C(=c2sc3nc4ccccc4n3c2=O)c2ccccc2N1Cc1ccccc1Cl. The molecular weight excluding hydrogens is 430 g/mol. The monoisotopic (exact) mass is 443 g/mol. The Kier molecular flexibility index (Phi) is 4.00. The zero-order chi connectivity index (χ0) is 21.1. The number of carbonyl (C=O) groups is 1. The predicted octanol–water partition coefficient (Wildman–Crippen LogP) is 4.03. The first kappa shape index (κ1) is 18.3. The van der Waals surface area contributed by atoms with E-state index in [1.165, 1.54) is 11.3 Å². The molecule has 0 atom stereocenters. The van der Waals surface area contributed by atoms with Crippen LogP contribution in [0.3, 0.4) is 0 Å². The fraction of sp³-hybridized carbons (Fsp3) is 0.0417. The van der Waals surface area contributed by atoms with Gasteiger partial charge in [-0.05, 0) is 29.8 Å². The molecule has 5 aromatic rings. The number of anilines is 1. The van der Waals surface area contributed by atoms with Gasteiger partial charge < -0.3 is 4.90 Å². The molecule has 3 heterocycles. The van der Waals surface area contributed by atoms with Gasteiger partial charge >= 0.3 is 0 Å². The number of hydrogen-bond acceptors (Lipinski definition) is 4. The molecule has 0 aliphatic carbocycles. The van der Waals surface area contributed by atoms with Crippen LogP contribution in [0.25, 0.3) is 21.6 Å². The third-order valence-corrected chi connectivity index (χ3v) is 6.97. The Hall–Kier alpha value is -3.48. The average molecular weight is 444 g/mol. The van der Waals surface area contributed by atoms with Gasteiger partial charge in [0.1, 0.15) is 4.53 Å². The summed E-state index contributed by atoms with van der Waals surface area (Å²) in [7, 11) is 0. The lowest BCUT2D eigenvalue weighted by Crippen LogP contribution is -2.32. The summed E-state index contributed by atoms with van der Waals surface area (Å²) < 4.78 is 2.00. The first-order valence-electron chi connectivity index (χ1n) is 9.72. The molecule has 6 rings (SSSR count). The van der Waals surface area contributed by atoms with E-state index in [-0.39, 0.29) is 11.5 Å². The zero-order valence-corrected chi connectivity index (χ0v) is 17.7. The lowest BCUT2D eigenvalue weighted by atomic mass is 10.1. The van der Waals surface area contributed by atoms with Gasteiger partial charge in [-0.2, -0.15) is 0 Å². The van der Waals surface area contributed by atoms with Gasteiger partial charge in [0.2, 0.25) is 0 Å². The molecule has 7 heteroatoms. The van der Waals surface area contributed by atoms with Crippen LogP contribution in [-0.2, 0) is 11.3 Å². The quantitative estimate of drug-likeness (QED) is 0.414. The lowest BCUT2D eigenvalue weighted by molar-refractivity contribution is -0.113. The maximum absolute atomic E-state index is 13.6. The molecule has 0 saturated carbocycles. The molecule has 0 fully saturated rings. The summed E-state index contributed by atoms with van der Waals surface area (Å²) in [6.07, 6.45) is 0. The van der Waals surface area contributed by atoms with Crippen LogP contribution in [0.1, 0.15) is 11.1 Å². The Morgan fingerprint density at radius 2 is 1.65 bits per heavy atom. The van der Waals surface area contributed by atoms with Crippen molar-refractivity contribution in [3.05, 3.63) is 104 Å². The zero-order valence-electron chi connectivity index (χ0n) is 16.1. The summed E-state index contributed by atoms with van der Waals surface area (Å²) in [5, 5.41) is 0.604. The fourth-order valence-corrected chi connectivity index (χ4v) is 5.39. The minimum Gasteiger partial charge on any atom is -0.303 e. The highest BCUT2D eigenvalue weighted by Gasteiger charge is 2.34. The van der Waals surface area contributed by atoms with Crippen molar-refractivity contribution >= 4 is 56.1 Å². The largest absolute Gasteiger partial charge is 0.303 e. The van der Waals surface area contributed by atoms with Crippen molar-refractivity contribution in [1.82, 2.24) is 9.38 Å². The van der Waals surface area contributed by atoms with E-state index in [2.05, 4.69) is 4.98 Å². The van der Waals surface area contributed by atoms with E-state index in [1.807, 2.05) is 72.8 Å². The molecule has 150 valence electrons. The average Bonchev–Trinajstić information content (AvgIpc) is 3.39. The van der Waals surface area contributed by atoms with E-state index in [4.69, 9.17) is 11.6 Å². The molecule has 1 aliphatic heterocycles. The lowest BCUT2D eigenvalue weighted by Gasteiger charge is -2.17. The number of amides is 1. The molecule has 0 spiro atoms. The van der Waals surface area contributed by atoms with Crippen molar-refractivity contribution in [2.45, 2.75) is 6.54 Å². The van der Waals surface area contributed by atoms with Crippen molar-refractivity contribution in [1.29, 1.82) is 0 Å². The van der Waals surface area contributed by atoms with Crippen LogP contribution in [0.5, 0.6) is 0 Å². The van der Waals surface area contributed by atoms with E-state index < -0.39 is 0 Å². The van der Waals surface area contributed by atoms with Crippen molar-refractivity contribution in [3.63, 3.8) is 0 Å². The molecule has 0 radical (unpaired) electrons. The summed E-state index contributed by atoms with van der Waals surface area (Å²) in [4.78, 5) is 33.8. The van der Waals surface area contributed by atoms with E-state index in [1.54, 1.807) is 9.30 Å². The number of nitrogens with zero attached hydrogens (tertiary/aromatic N) is 3. The summed E-state index contributed by atoms with van der Waals surface area (Å²) in [6.45, 7) is 0.332. The van der Waals surface area contributed by atoms with Crippen molar-refractivity contribution in [2.24, 2.45) is 0 Å². The van der Waals surface area contributed by atoms with Crippen LogP contribution in [0.2, 0.25) is 5.02 Å². The molecular formula is C24H14ClN3O2S.